The molecule has 28 heavy (non-hydrogen) atoms. The fourth-order valence-electron chi connectivity index (χ4n) is 3.75. The monoisotopic (exact) mass is 387 g/mol. The highest BCUT2D eigenvalue weighted by molar-refractivity contribution is 8.14. The van der Waals surface area contributed by atoms with Gasteiger partial charge >= 0.3 is 0 Å². The first-order chi connectivity index (χ1) is 13.8. The highest BCUT2D eigenvalue weighted by Gasteiger charge is 2.29. The van der Waals surface area contributed by atoms with Gasteiger partial charge in [0.15, 0.2) is 16.6 Å². The van der Waals surface area contributed by atoms with Crippen LogP contribution in [-0.4, -0.2) is 28.2 Å². The van der Waals surface area contributed by atoms with Crippen molar-refractivity contribution >= 4 is 56.2 Å². The number of hydrogen-bond acceptors (Lipinski definition) is 7. The van der Waals surface area contributed by atoms with Gasteiger partial charge in [0.05, 0.1) is 12.2 Å². The number of anilines is 3. The summed E-state index contributed by atoms with van der Waals surface area (Å²) in [4.78, 5) is 17.5. The van der Waals surface area contributed by atoms with Crippen molar-refractivity contribution in [2.24, 2.45) is 4.99 Å². The van der Waals surface area contributed by atoms with Crippen molar-refractivity contribution in [2.45, 2.75) is 18.2 Å². The molecule has 0 unspecified atom stereocenters. The molecule has 2 aromatic heterocycles. The Hall–Kier alpha value is -3.06. The van der Waals surface area contributed by atoms with Gasteiger partial charge in [0.1, 0.15) is 16.9 Å². The maximum absolute atomic E-state index is 6.09. The smallest absolute Gasteiger partial charge is 0.196 e. The first kappa shape index (κ1) is 15.9. The molecule has 0 fully saturated rings. The van der Waals surface area contributed by atoms with Crippen LogP contribution in [0, 0.1) is 0 Å². The van der Waals surface area contributed by atoms with Crippen LogP contribution in [0.15, 0.2) is 56.8 Å². The van der Waals surface area contributed by atoms with Gasteiger partial charge in [0, 0.05) is 28.9 Å². The fraction of sp³-hybridized carbons (Fsp3) is 0.190. The van der Waals surface area contributed by atoms with E-state index >= 15 is 0 Å². The summed E-state index contributed by atoms with van der Waals surface area (Å²) >= 11 is 1.73. The van der Waals surface area contributed by atoms with Crippen LogP contribution in [0.2, 0.25) is 0 Å². The van der Waals surface area contributed by atoms with Crippen LogP contribution in [0.5, 0.6) is 0 Å². The van der Waals surface area contributed by atoms with Gasteiger partial charge < -0.3 is 14.6 Å². The Morgan fingerprint density at radius 2 is 2.11 bits per heavy atom. The number of furan rings is 1. The lowest BCUT2D eigenvalue weighted by Crippen LogP contribution is -2.20. The summed E-state index contributed by atoms with van der Waals surface area (Å²) in [5, 5.41) is 5.58. The van der Waals surface area contributed by atoms with Gasteiger partial charge in [0.25, 0.3) is 0 Å². The number of aliphatic imine (C=N–C) groups is 1. The topological polar surface area (TPSA) is 66.6 Å². The molecule has 0 aliphatic carbocycles. The number of nitrogens with one attached hydrogen (secondary N) is 1. The van der Waals surface area contributed by atoms with Crippen LogP contribution in [0.25, 0.3) is 22.1 Å². The minimum Gasteiger partial charge on any atom is -0.450 e. The summed E-state index contributed by atoms with van der Waals surface area (Å²) in [6, 6.07) is 14.4. The number of aryl methyl sites for hydroxylation is 1. The second kappa shape index (κ2) is 5.97. The van der Waals surface area contributed by atoms with E-state index in [9.17, 15) is 0 Å². The summed E-state index contributed by atoms with van der Waals surface area (Å²) in [5.41, 5.74) is 4.59. The van der Waals surface area contributed by atoms with Gasteiger partial charge in [0.2, 0.25) is 0 Å². The number of aromatic nitrogens is 2. The van der Waals surface area contributed by atoms with E-state index in [0.717, 1.165) is 52.7 Å². The molecule has 4 aromatic rings. The van der Waals surface area contributed by atoms with Gasteiger partial charge in [-0.25, -0.2) is 9.97 Å². The third-order valence-corrected chi connectivity index (χ3v) is 6.18. The zero-order chi connectivity index (χ0) is 18.7. The van der Waals surface area contributed by atoms with Crippen molar-refractivity contribution in [1.82, 2.24) is 9.97 Å². The number of rotatable bonds is 3. The van der Waals surface area contributed by atoms with Crippen LogP contribution in [0.1, 0.15) is 12.7 Å². The summed E-state index contributed by atoms with van der Waals surface area (Å²) < 4.78 is 6.09. The third-order valence-electron chi connectivity index (χ3n) is 5.10. The maximum Gasteiger partial charge on any atom is 0.196 e. The molecule has 0 spiro atoms. The van der Waals surface area contributed by atoms with Crippen molar-refractivity contribution in [3.05, 3.63) is 48.3 Å². The molecule has 0 saturated carbocycles. The van der Waals surface area contributed by atoms with Crippen molar-refractivity contribution in [1.29, 1.82) is 0 Å². The maximum atomic E-state index is 6.09. The highest BCUT2D eigenvalue weighted by atomic mass is 32.2. The molecule has 7 heteroatoms. The zero-order valence-electron chi connectivity index (χ0n) is 15.3. The lowest BCUT2D eigenvalue weighted by molar-refractivity contribution is 0.666. The Labute approximate surface area is 165 Å². The zero-order valence-corrected chi connectivity index (χ0v) is 16.1. The first-order valence-electron chi connectivity index (χ1n) is 9.39. The number of benzene rings is 2. The van der Waals surface area contributed by atoms with E-state index < -0.39 is 0 Å². The minimum atomic E-state index is 0.691. The van der Waals surface area contributed by atoms with Gasteiger partial charge in [-0.15, -0.1) is 0 Å². The quantitative estimate of drug-likeness (QED) is 0.536. The average molecular weight is 387 g/mol. The Balaban J connectivity index is 1.45. The van der Waals surface area contributed by atoms with E-state index in [1.54, 1.807) is 11.8 Å². The fourth-order valence-corrected chi connectivity index (χ4v) is 4.87. The number of thioether (sulfide) groups is 1. The molecular formula is C21H17N5OS. The Bertz CT molecular complexity index is 1280. The van der Waals surface area contributed by atoms with Crippen LogP contribution in [0.3, 0.4) is 0 Å². The van der Waals surface area contributed by atoms with E-state index in [0.29, 0.717) is 11.4 Å². The molecule has 0 atom stereocenters. The van der Waals surface area contributed by atoms with Gasteiger partial charge in [-0.3, -0.25) is 4.99 Å². The number of hydrogen-bond donors (Lipinski definition) is 1. The first-order valence-corrected chi connectivity index (χ1v) is 10.2. The predicted molar refractivity (Wildman–Crippen MR) is 114 cm³/mol. The van der Waals surface area contributed by atoms with Crippen molar-refractivity contribution < 1.29 is 4.42 Å². The van der Waals surface area contributed by atoms with E-state index in [1.807, 2.05) is 24.3 Å². The SMILES string of the molecule is CCc1nc(Nc2ccc3c(c2)SC2=NCCN23)c2oc3ccccc3c2n1. The Morgan fingerprint density at radius 3 is 3.04 bits per heavy atom. The summed E-state index contributed by atoms with van der Waals surface area (Å²) in [5.74, 6) is 1.51. The molecule has 2 aliphatic heterocycles. The minimum absolute atomic E-state index is 0.691. The normalized spacial score (nSPS) is 15.2. The number of amidine groups is 1. The second-order valence-electron chi connectivity index (χ2n) is 6.84. The van der Waals surface area contributed by atoms with Crippen LogP contribution in [0.4, 0.5) is 17.2 Å². The number of fused-ring (bicyclic) bond motifs is 6. The predicted octanol–water partition coefficient (Wildman–Crippen LogP) is 4.96. The van der Waals surface area contributed by atoms with Crippen LogP contribution >= 0.6 is 11.8 Å². The molecule has 4 heterocycles. The molecule has 138 valence electrons. The molecule has 1 N–H and O–H groups in total. The summed E-state index contributed by atoms with van der Waals surface area (Å²) in [7, 11) is 0. The van der Waals surface area contributed by atoms with E-state index in [-0.39, 0.29) is 0 Å². The third kappa shape index (κ3) is 2.32. The summed E-state index contributed by atoms with van der Waals surface area (Å²) in [6.07, 6.45) is 0.763. The molecule has 6 rings (SSSR count). The van der Waals surface area contributed by atoms with E-state index in [2.05, 4.69) is 40.3 Å². The van der Waals surface area contributed by atoms with E-state index in [1.165, 1.54) is 10.6 Å². The number of nitrogens with zero attached hydrogens (tertiary/aromatic N) is 4. The van der Waals surface area contributed by atoms with Crippen LogP contribution in [-0.2, 0) is 6.42 Å². The molecular weight excluding hydrogens is 370 g/mol. The lowest BCUT2D eigenvalue weighted by atomic mass is 10.2. The molecule has 0 amide bonds. The summed E-state index contributed by atoms with van der Waals surface area (Å²) in [6.45, 7) is 3.91. The van der Waals surface area contributed by atoms with Gasteiger partial charge in [-0.2, -0.15) is 0 Å². The standard InChI is InChI=1S/C21H17N5OS/c1-2-17-24-18-13-5-3-4-6-15(13)27-19(18)20(25-17)23-12-7-8-14-16(11-12)28-21-22-9-10-26(14)21/h3-8,11H,2,9-10H2,1H3,(H,23,24,25). The average Bonchev–Trinajstić information content (AvgIpc) is 3.40. The molecule has 0 bridgehead atoms. The second-order valence-corrected chi connectivity index (χ2v) is 7.85. The van der Waals surface area contributed by atoms with E-state index in [4.69, 9.17) is 14.4 Å². The molecule has 0 saturated heterocycles. The van der Waals surface area contributed by atoms with Gasteiger partial charge in [-0.1, -0.05) is 19.1 Å². The van der Waals surface area contributed by atoms with Crippen molar-refractivity contribution in [3.63, 3.8) is 0 Å². The van der Waals surface area contributed by atoms with Gasteiger partial charge in [-0.05, 0) is 42.1 Å². The van der Waals surface area contributed by atoms with Crippen molar-refractivity contribution in [3.8, 4) is 0 Å². The Kier molecular flexibility index (Phi) is 3.40. The lowest BCUT2D eigenvalue weighted by Gasteiger charge is -2.13. The number of para-hydroxylation sites is 1. The largest absolute Gasteiger partial charge is 0.450 e. The molecule has 2 aliphatic rings. The highest BCUT2D eigenvalue weighted by Crippen LogP contribution is 2.43. The molecule has 2 aromatic carbocycles. The molecule has 0 radical (unpaired) electrons. The molecule has 6 nitrogen and oxygen atoms in total. The Morgan fingerprint density at radius 1 is 1.18 bits per heavy atom. The van der Waals surface area contributed by atoms with Crippen molar-refractivity contribution in [2.75, 3.05) is 23.3 Å². The van der Waals surface area contributed by atoms with Crippen LogP contribution < -0.4 is 10.2 Å².